The summed E-state index contributed by atoms with van der Waals surface area (Å²) >= 11 is 0. The summed E-state index contributed by atoms with van der Waals surface area (Å²) in [5, 5.41) is 6.80. The highest BCUT2D eigenvalue weighted by Crippen LogP contribution is 2.20. The summed E-state index contributed by atoms with van der Waals surface area (Å²) in [6, 6.07) is 16.0. The molecule has 2 aromatic carbocycles. The van der Waals surface area contributed by atoms with Crippen LogP contribution in [0.4, 0.5) is 10.5 Å². The third-order valence-corrected chi connectivity index (χ3v) is 5.67. The zero-order chi connectivity index (χ0) is 21.8. The van der Waals surface area contributed by atoms with Crippen LogP contribution in [0.15, 0.2) is 53.6 Å². The van der Waals surface area contributed by atoms with E-state index >= 15 is 0 Å². The Morgan fingerprint density at radius 3 is 2.29 bits per heavy atom. The predicted octanol–water partition coefficient (Wildman–Crippen LogP) is 2.92. The van der Waals surface area contributed by atoms with Crippen molar-refractivity contribution in [3.8, 4) is 11.8 Å². The molecule has 0 aromatic heterocycles. The van der Waals surface area contributed by atoms with Crippen molar-refractivity contribution in [3.05, 3.63) is 65.2 Å². The van der Waals surface area contributed by atoms with Crippen LogP contribution in [-0.4, -0.2) is 42.0 Å². The second-order valence-corrected chi connectivity index (χ2v) is 8.12. The minimum Gasteiger partial charge on any atom is -0.349 e. The van der Waals surface area contributed by atoms with Gasteiger partial charge in [0.1, 0.15) is 5.84 Å². The van der Waals surface area contributed by atoms with E-state index in [4.69, 9.17) is 5.73 Å². The molecule has 1 fully saturated rings. The third-order valence-electron chi connectivity index (χ3n) is 5.67. The standard InChI is InChI=1S/C24H28N6O/c1-18-26-30(24(25)31)27-29(18)23-11-9-22(10-12-23)17-21-7-5-19(6-8-21)3-4-20-13-15-28(2)16-14-20/h5-12,20,27H,13-17H2,1-2H3,(H2,25,31). The molecule has 2 heterocycles. The van der Waals surface area contributed by atoms with Gasteiger partial charge in [0.15, 0.2) is 0 Å². The Kier molecular flexibility index (Phi) is 6.21. The molecule has 2 aromatic rings. The van der Waals surface area contributed by atoms with Crippen LogP contribution >= 0.6 is 0 Å². The van der Waals surface area contributed by atoms with E-state index in [1.54, 1.807) is 11.9 Å². The number of amidine groups is 1. The molecule has 4 rings (SSSR count). The van der Waals surface area contributed by atoms with E-state index < -0.39 is 6.03 Å². The number of likely N-dealkylation sites (tertiary alicyclic amines) is 1. The van der Waals surface area contributed by atoms with Crippen LogP contribution in [0.1, 0.15) is 36.5 Å². The summed E-state index contributed by atoms with van der Waals surface area (Å²) in [5.74, 6) is 7.95. The molecule has 3 N–H and O–H groups in total. The molecule has 0 unspecified atom stereocenters. The Bertz CT molecular complexity index is 1010. The van der Waals surface area contributed by atoms with Crippen molar-refractivity contribution in [2.24, 2.45) is 16.8 Å². The molecule has 160 valence electrons. The molecule has 7 heteroatoms. The first-order chi connectivity index (χ1) is 15.0. The molecule has 0 radical (unpaired) electrons. The summed E-state index contributed by atoms with van der Waals surface area (Å²) in [6.45, 7) is 4.09. The largest absolute Gasteiger partial charge is 0.352 e. The van der Waals surface area contributed by atoms with Gasteiger partial charge in [-0.25, -0.2) is 9.80 Å². The Labute approximate surface area is 183 Å². The lowest BCUT2D eigenvalue weighted by Crippen LogP contribution is -2.46. The fraction of sp³-hybridized carbons (Fsp3) is 0.333. The Balaban J connectivity index is 1.35. The van der Waals surface area contributed by atoms with E-state index in [1.807, 2.05) is 12.1 Å². The second-order valence-electron chi connectivity index (χ2n) is 8.12. The number of rotatable bonds is 3. The van der Waals surface area contributed by atoms with Crippen LogP contribution in [0.25, 0.3) is 0 Å². The maximum absolute atomic E-state index is 11.3. The van der Waals surface area contributed by atoms with Crippen molar-refractivity contribution in [1.29, 1.82) is 0 Å². The lowest BCUT2D eigenvalue weighted by atomic mass is 9.97. The van der Waals surface area contributed by atoms with E-state index in [2.05, 4.69) is 70.8 Å². The van der Waals surface area contributed by atoms with Gasteiger partial charge < -0.3 is 10.6 Å². The summed E-state index contributed by atoms with van der Waals surface area (Å²) in [4.78, 5) is 13.6. The highest BCUT2D eigenvalue weighted by molar-refractivity contribution is 5.97. The summed E-state index contributed by atoms with van der Waals surface area (Å²) in [7, 11) is 2.17. The fourth-order valence-electron chi connectivity index (χ4n) is 3.76. The molecule has 0 bridgehead atoms. The van der Waals surface area contributed by atoms with Crippen LogP contribution in [-0.2, 0) is 6.42 Å². The monoisotopic (exact) mass is 416 g/mol. The third kappa shape index (κ3) is 5.23. The zero-order valence-corrected chi connectivity index (χ0v) is 18.0. The topological polar surface area (TPSA) is 77.2 Å². The number of hydrogen-bond acceptors (Lipinski definition) is 5. The van der Waals surface area contributed by atoms with Crippen molar-refractivity contribution < 1.29 is 4.79 Å². The van der Waals surface area contributed by atoms with Crippen molar-refractivity contribution in [2.45, 2.75) is 26.2 Å². The van der Waals surface area contributed by atoms with Gasteiger partial charge in [0.25, 0.3) is 0 Å². The van der Waals surface area contributed by atoms with Gasteiger partial charge in [-0.1, -0.05) is 36.1 Å². The maximum atomic E-state index is 11.3. The molecular weight excluding hydrogens is 388 g/mol. The van der Waals surface area contributed by atoms with Crippen molar-refractivity contribution >= 4 is 17.6 Å². The summed E-state index contributed by atoms with van der Waals surface area (Å²) < 4.78 is 0. The van der Waals surface area contributed by atoms with Gasteiger partial charge in [0.2, 0.25) is 0 Å². The van der Waals surface area contributed by atoms with Gasteiger partial charge in [-0.3, -0.25) is 0 Å². The normalized spacial score (nSPS) is 17.3. The number of amides is 2. The molecule has 0 atom stereocenters. The fourth-order valence-corrected chi connectivity index (χ4v) is 3.76. The van der Waals surface area contributed by atoms with Crippen LogP contribution in [0.3, 0.4) is 0 Å². The van der Waals surface area contributed by atoms with Gasteiger partial charge in [-0.15, -0.1) is 15.8 Å². The molecule has 2 amide bonds. The zero-order valence-electron chi connectivity index (χ0n) is 18.0. The highest BCUT2D eigenvalue weighted by Gasteiger charge is 2.23. The second kappa shape index (κ2) is 9.21. The Hall–Kier alpha value is -3.34. The quantitative estimate of drug-likeness (QED) is 0.755. The van der Waals surface area contributed by atoms with E-state index in [1.165, 1.54) is 11.1 Å². The number of nitrogens with two attached hydrogens (primary N) is 1. The first-order valence-corrected chi connectivity index (χ1v) is 10.6. The number of nitrogens with one attached hydrogen (secondary N) is 1. The van der Waals surface area contributed by atoms with Crippen molar-refractivity contribution in [2.75, 3.05) is 25.1 Å². The molecule has 0 aliphatic carbocycles. The molecule has 2 aliphatic rings. The average Bonchev–Trinajstić information content (AvgIpc) is 3.17. The number of primary amides is 1. The van der Waals surface area contributed by atoms with E-state index in [0.29, 0.717) is 11.8 Å². The number of carbonyl (C=O) groups is 1. The SMILES string of the molecule is CC1=NN(C(N)=O)NN1c1ccc(Cc2ccc(C#CC3CCN(C)CC3)cc2)cc1. The first kappa shape index (κ1) is 20.9. The van der Waals surface area contributed by atoms with Crippen molar-refractivity contribution in [1.82, 2.24) is 15.6 Å². The molecule has 31 heavy (non-hydrogen) atoms. The number of hydrazine groups is 2. The molecule has 1 saturated heterocycles. The molecule has 2 aliphatic heterocycles. The Morgan fingerprint density at radius 2 is 1.71 bits per heavy atom. The number of hydrogen-bond donors (Lipinski definition) is 2. The van der Waals surface area contributed by atoms with Crippen LogP contribution in [0, 0.1) is 17.8 Å². The van der Waals surface area contributed by atoms with Crippen molar-refractivity contribution in [3.63, 3.8) is 0 Å². The first-order valence-electron chi connectivity index (χ1n) is 10.6. The number of piperidine rings is 1. The van der Waals surface area contributed by atoms with E-state index in [9.17, 15) is 4.79 Å². The Morgan fingerprint density at radius 1 is 1.10 bits per heavy atom. The minimum absolute atomic E-state index is 0.517. The maximum Gasteiger partial charge on any atom is 0.352 e. The van der Waals surface area contributed by atoms with E-state index in [-0.39, 0.29) is 0 Å². The van der Waals surface area contributed by atoms with Gasteiger partial charge in [0, 0.05) is 11.5 Å². The smallest absolute Gasteiger partial charge is 0.349 e. The summed E-state index contributed by atoms with van der Waals surface area (Å²) in [5.41, 5.74) is 12.5. The molecular formula is C24H28N6O. The number of carbonyl (C=O) groups excluding carboxylic acids is 1. The molecule has 7 nitrogen and oxygen atoms in total. The number of anilines is 1. The number of benzene rings is 2. The van der Waals surface area contributed by atoms with Crippen LogP contribution in [0.2, 0.25) is 0 Å². The van der Waals surface area contributed by atoms with E-state index in [0.717, 1.165) is 48.7 Å². The highest BCUT2D eigenvalue weighted by atomic mass is 16.2. The average molecular weight is 417 g/mol. The summed E-state index contributed by atoms with van der Waals surface area (Å²) in [6.07, 6.45) is 3.17. The lowest BCUT2D eigenvalue weighted by molar-refractivity contribution is 0.192. The molecule has 0 saturated carbocycles. The molecule has 0 spiro atoms. The van der Waals surface area contributed by atoms with Gasteiger partial charge >= 0.3 is 6.03 Å². The number of nitrogens with zero attached hydrogens (tertiary/aromatic N) is 4. The number of urea groups is 1. The predicted molar refractivity (Wildman–Crippen MR) is 123 cm³/mol. The van der Waals surface area contributed by atoms with Gasteiger partial charge in [-0.05, 0) is 81.7 Å². The van der Waals surface area contributed by atoms with Gasteiger partial charge in [0.05, 0.1) is 5.69 Å². The lowest BCUT2D eigenvalue weighted by Gasteiger charge is -2.25. The van der Waals surface area contributed by atoms with Crippen LogP contribution in [0.5, 0.6) is 0 Å². The number of hydrazone groups is 1. The minimum atomic E-state index is -0.655. The van der Waals surface area contributed by atoms with Crippen LogP contribution < -0.4 is 16.3 Å². The van der Waals surface area contributed by atoms with Gasteiger partial charge in [-0.2, -0.15) is 0 Å².